The highest BCUT2D eigenvalue weighted by Crippen LogP contribution is 2.34. The first-order valence-electron chi connectivity index (χ1n) is 8.71. The van der Waals surface area contributed by atoms with Gasteiger partial charge in [-0.1, -0.05) is 42.5 Å². The second kappa shape index (κ2) is 8.91. The molecule has 1 aromatic heterocycles. The lowest BCUT2D eigenvalue weighted by Gasteiger charge is -2.11. The van der Waals surface area contributed by atoms with Crippen molar-refractivity contribution >= 4 is 39.5 Å². The summed E-state index contributed by atoms with van der Waals surface area (Å²) < 4.78 is 40.1. The summed E-state index contributed by atoms with van der Waals surface area (Å²) >= 11 is 1.09. The Labute approximate surface area is 174 Å². The van der Waals surface area contributed by atoms with Crippen LogP contribution in [0.15, 0.2) is 66.1 Å². The molecule has 2 N–H and O–H groups in total. The maximum absolute atomic E-state index is 13.4. The number of rotatable bonds is 5. The number of amides is 2. The quantitative estimate of drug-likeness (QED) is 0.535. The van der Waals surface area contributed by atoms with Crippen LogP contribution >= 0.6 is 11.3 Å². The van der Waals surface area contributed by atoms with Crippen LogP contribution in [0, 0.1) is 0 Å². The predicted molar refractivity (Wildman–Crippen MR) is 111 cm³/mol. The highest BCUT2D eigenvalue weighted by Gasteiger charge is 2.35. The summed E-state index contributed by atoms with van der Waals surface area (Å²) in [6, 6.07) is 14.0. The summed E-state index contributed by atoms with van der Waals surface area (Å²) in [7, 11) is 0. The predicted octanol–water partition coefficient (Wildman–Crippen LogP) is 5.35. The zero-order chi connectivity index (χ0) is 21.7. The highest BCUT2D eigenvalue weighted by molar-refractivity contribution is 7.14. The van der Waals surface area contributed by atoms with Gasteiger partial charge in [-0.3, -0.25) is 14.9 Å². The van der Waals surface area contributed by atoms with Gasteiger partial charge in [-0.2, -0.15) is 13.2 Å². The first-order valence-corrected chi connectivity index (χ1v) is 9.59. The van der Waals surface area contributed by atoms with Crippen molar-refractivity contribution in [2.24, 2.45) is 0 Å². The van der Waals surface area contributed by atoms with Crippen LogP contribution in [0.3, 0.4) is 0 Å². The van der Waals surface area contributed by atoms with Crippen molar-refractivity contribution in [2.75, 3.05) is 10.6 Å². The summed E-state index contributed by atoms with van der Waals surface area (Å²) in [5.74, 6) is -1.11. The summed E-state index contributed by atoms with van der Waals surface area (Å²) in [6.07, 6.45) is -4.15. The topological polar surface area (TPSA) is 71.1 Å². The molecule has 0 spiro atoms. The number of aromatic nitrogens is 1. The number of anilines is 2. The van der Waals surface area contributed by atoms with Crippen LogP contribution in [0.4, 0.5) is 24.0 Å². The average Bonchev–Trinajstić information content (AvgIpc) is 3.14. The number of thiazole rings is 1. The molecule has 0 radical (unpaired) electrons. The van der Waals surface area contributed by atoms with Crippen LogP contribution in [-0.2, 0) is 9.59 Å². The van der Waals surface area contributed by atoms with E-state index in [0.717, 1.165) is 16.9 Å². The van der Waals surface area contributed by atoms with Crippen molar-refractivity contribution in [1.29, 1.82) is 0 Å². The van der Waals surface area contributed by atoms with E-state index in [1.165, 1.54) is 31.2 Å². The summed E-state index contributed by atoms with van der Waals surface area (Å²) in [6.45, 7) is 1.40. The van der Waals surface area contributed by atoms with Gasteiger partial charge in [0.1, 0.15) is 0 Å². The SMILES string of the molecule is CC(=O)Nc1ccc(-c2csc(NC(=O)/C=C(/c3ccccc3)C(F)(F)F)n2)cc1. The lowest BCUT2D eigenvalue weighted by Crippen LogP contribution is -2.16. The van der Waals surface area contributed by atoms with Crippen LogP contribution in [0.5, 0.6) is 0 Å². The molecular formula is C21H16F3N3O2S. The second-order valence-corrected chi connectivity index (χ2v) is 7.07. The molecule has 2 aromatic carbocycles. The van der Waals surface area contributed by atoms with Crippen molar-refractivity contribution in [3.63, 3.8) is 0 Å². The largest absolute Gasteiger partial charge is 0.417 e. The zero-order valence-corrected chi connectivity index (χ0v) is 16.5. The van der Waals surface area contributed by atoms with Gasteiger partial charge in [0.15, 0.2) is 5.13 Å². The van der Waals surface area contributed by atoms with E-state index >= 15 is 0 Å². The molecule has 30 heavy (non-hydrogen) atoms. The molecule has 0 aliphatic carbocycles. The average molecular weight is 431 g/mol. The van der Waals surface area contributed by atoms with E-state index in [4.69, 9.17) is 0 Å². The molecule has 9 heteroatoms. The Kier molecular flexibility index (Phi) is 6.31. The Balaban J connectivity index is 1.75. The monoisotopic (exact) mass is 431 g/mol. The van der Waals surface area contributed by atoms with Crippen LogP contribution in [0.1, 0.15) is 12.5 Å². The van der Waals surface area contributed by atoms with Gasteiger partial charge in [-0.15, -0.1) is 11.3 Å². The molecule has 0 aliphatic heterocycles. The molecule has 0 fully saturated rings. The van der Waals surface area contributed by atoms with Crippen LogP contribution < -0.4 is 10.6 Å². The second-order valence-electron chi connectivity index (χ2n) is 6.21. The third-order valence-electron chi connectivity index (χ3n) is 3.90. The van der Waals surface area contributed by atoms with Crippen molar-refractivity contribution < 1.29 is 22.8 Å². The molecule has 0 bridgehead atoms. The normalized spacial score (nSPS) is 11.8. The van der Waals surface area contributed by atoms with E-state index in [9.17, 15) is 22.8 Å². The molecule has 5 nitrogen and oxygen atoms in total. The first-order chi connectivity index (χ1) is 14.2. The van der Waals surface area contributed by atoms with E-state index in [-0.39, 0.29) is 16.6 Å². The number of alkyl halides is 3. The lowest BCUT2D eigenvalue weighted by molar-refractivity contribution is -0.114. The number of benzene rings is 2. The molecular weight excluding hydrogens is 415 g/mol. The van der Waals surface area contributed by atoms with Crippen molar-refractivity contribution in [2.45, 2.75) is 13.1 Å². The molecule has 3 rings (SSSR count). The number of carbonyl (C=O) groups is 2. The number of nitrogens with one attached hydrogen (secondary N) is 2. The number of halogens is 3. The molecule has 0 saturated heterocycles. The van der Waals surface area contributed by atoms with E-state index < -0.39 is 17.7 Å². The van der Waals surface area contributed by atoms with Gasteiger partial charge < -0.3 is 5.32 Å². The molecule has 1 heterocycles. The molecule has 0 unspecified atom stereocenters. The minimum absolute atomic E-state index is 0.0979. The van der Waals surface area contributed by atoms with Crippen LogP contribution in [0.2, 0.25) is 0 Å². The fourth-order valence-corrected chi connectivity index (χ4v) is 3.33. The third kappa shape index (κ3) is 5.54. The first kappa shape index (κ1) is 21.3. The third-order valence-corrected chi connectivity index (χ3v) is 4.66. The Morgan fingerprint density at radius 3 is 2.27 bits per heavy atom. The number of nitrogens with zero attached hydrogens (tertiary/aromatic N) is 1. The van der Waals surface area contributed by atoms with E-state index in [0.29, 0.717) is 17.5 Å². The maximum Gasteiger partial charge on any atom is 0.417 e. The molecule has 2 amide bonds. The minimum atomic E-state index is -4.68. The standard InChI is InChI=1S/C21H16F3N3O2S/c1-13(28)25-16-9-7-15(8-10-16)18-12-30-20(26-18)27-19(29)11-17(21(22,23)24)14-5-3-2-4-6-14/h2-12H,1H3,(H,25,28)(H,26,27,29)/b17-11-. The Morgan fingerprint density at radius 1 is 1.00 bits per heavy atom. The van der Waals surface area contributed by atoms with Gasteiger partial charge >= 0.3 is 6.18 Å². The highest BCUT2D eigenvalue weighted by atomic mass is 32.1. The van der Waals surface area contributed by atoms with Gasteiger partial charge in [0.2, 0.25) is 5.91 Å². The minimum Gasteiger partial charge on any atom is -0.326 e. The lowest BCUT2D eigenvalue weighted by atomic mass is 10.1. The fraction of sp³-hybridized carbons (Fsp3) is 0.0952. The van der Waals surface area contributed by atoms with E-state index in [1.807, 2.05) is 0 Å². The molecule has 154 valence electrons. The van der Waals surface area contributed by atoms with Gasteiger partial charge in [-0.05, 0) is 17.7 Å². The van der Waals surface area contributed by atoms with E-state index in [2.05, 4.69) is 15.6 Å². The summed E-state index contributed by atoms with van der Waals surface area (Å²) in [5, 5.41) is 6.87. The van der Waals surface area contributed by atoms with Crippen molar-refractivity contribution in [3.05, 3.63) is 71.6 Å². The number of hydrogen-bond acceptors (Lipinski definition) is 4. The van der Waals surface area contributed by atoms with Gasteiger partial charge in [0.25, 0.3) is 5.91 Å². The van der Waals surface area contributed by atoms with E-state index in [1.54, 1.807) is 35.7 Å². The summed E-state index contributed by atoms with van der Waals surface area (Å²) in [5.41, 5.74) is 0.773. The van der Waals surface area contributed by atoms with Crippen molar-refractivity contribution in [3.8, 4) is 11.3 Å². The zero-order valence-electron chi connectivity index (χ0n) is 15.7. The molecule has 0 saturated carbocycles. The van der Waals surface area contributed by atoms with Gasteiger partial charge in [0.05, 0.1) is 11.3 Å². The van der Waals surface area contributed by atoms with Crippen molar-refractivity contribution in [1.82, 2.24) is 4.98 Å². The summed E-state index contributed by atoms with van der Waals surface area (Å²) in [4.78, 5) is 27.5. The maximum atomic E-state index is 13.4. The van der Waals surface area contributed by atoms with Gasteiger partial charge in [0, 0.05) is 29.6 Å². The Hall–Kier alpha value is -3.46. The fourth-order valence-electron chi connectivity index (χ4n) is 2.61. The molecule has 3 aromatic rings. The smallest absolute Gasteiger partial charge is 0.326 e. The van der Waals surface area contributed by atoms with Crippen LogP contribution in [-0.4, -0.2) is 23.0 Å². The molecule has 0 aliphatic rings. The molecule has 0 atom stereocenters. The number of carbonyl (C=O) groups excluding carboxylic acids is 2. The Bertz CT molecular complexity index is 1070. The van der Waals surface area contributed by atoms with Crippen LogP contribution in [0.25, 0.3) is 16.8 Å². The number of hydrogen-bond donors (Lipinski definition) is 2. The number of allylic oxidation sites excluding steroid dienone is 1. The van der Waals surface area contributed by atoms with Gasteiger partial charge in [-0.25, -0.2) is 4.98 Å². The Morgan fingerprint density at radius 2 is 1.67 bits per heavy atom.